The number of hydrogen-bond acceptors (Lipinski definition) is 0. The van der Waals surface area contributed by atoms with Crippen molar-refractivity contribution in [2.75, 3.05) is 0 Å². The van der Waals surface area contributed by atoms with Crippen LogP contribution in [0.3, 0.4) is 0 Å². The Morgan fingerprint density at radius 3 is 2.67 bits per heavy atom. The van der Waals surface area contributed by atoms with E-state index in [1.54, 1.807) is 0 Å². The van der Waals surface area contributed by atoms with Crippen LogP contribution in [0.1, 0.15) is 58.8 Å². The summed E-state index contributed by atoms with van der Waals surface area (Å²) in [6.45, 7) is 4.51. The van der Waals surface area contributed by atoms with Gasteiger partial charge in [-0.3, -0.25) is 0 Å². The molecule has 2 unspecified atom stereocenters. The molecule has 1 aliphatic rings. The molecule has 1 aliphatic carbocycles. The fourth-order valence-electron chi connectivity index (χ4n) is 2.62. The Bertz CT molecular complexity index is 90.6. The van der Waals surface area contributed by atoms with Crippen LogP contribution >= 0.6 is 0 Å². The molecule has 1 radical (unpaired) electrons. The van der Waals surface area contributed by atoms with Crippen molar-refractivity contribution >= 4 is 0 Å². The second-order valence-corrected chi connectivity index (χ2v) is 4.33. The SMILES string of the molecule is C[CH]CC1CCCC(CCC)C1. The van der Waals surface area contributed by atoms with Crippen LogP contribution in [0.4, 0.5) is 0 Å². The highest BCUT2D eigenvalue weighted by atomic mass is 14.3. The molecule has 0 N–H and O–H groups in total. The lowest BCUT2D eigenvalue weighted by Gasteiger charge is -2.28. The average Bonchev–Trinajstić information content (AvgIpc) is 2.06. The second kappa shape index (κ2) is 5.61. The molecule has 0 aliphatic heterocycles. The molecule has 1 fully saturated rings. The summed E-state index contributed by atoms with van der Waals surface area (Å²) in [6.07, 6.45) is 12.6. The van der Waals surface area contributed by atoms with E-state index in [1.165, 1.54) is 44.9 Å². The Hall–Kier alpha value is 0. The molecule has 1 rings (SSSR count). The van der Waals surface area contributed by atoms with Gasteiger partial charge in [0.05, 0.1) is 0 Å². The smallest absolute Gasteiger partial charge is 0.0409 e. The minimum Gasteiger partial charge on any atom is -0.0654 e. The summed E-state index contributed by atoms with van der Waals surface area (Å²) >= 11 is 0. The lowest BCUT2D eigenvalue weighted by Crippen LogP contribution is -2.15. The molecule has 0 heteroatoms. The highest BCUT2D eigenvalue weighted by molar-refractivity contribution is 4.76. The topological polar surface area (TPSA) is 0 Å². The summed E-state index contributed by atoms with van der Waals surface area (Å²) < 4.78 is 0. The normalized spacial score (nSPS) is 30.5. The van der Waals surface area contributed by atoms with Crippen molar-refractivity contribution in [2.24, 2.45) is 11.8 Å². The van der Waals surface area contributed by atoms with Crippen molar-refractivity contribution in [1.29, 1.82) is 0 Å². The van der Waals surface area contributed by atoms with E-state index in [2.05, 4.69) is 20.3 Å². The van der Waals surface area contributed by atoms with Gasteiger partial charge in [-0.1, -0.05) is 46.0 Å². The molecule has 0 amide bonds. The van der Waals surface area contributed by atoms with Crippen LogP contribution in [0.25, 0.3) is 0 Å². The van der Waals surface area contributed by atoms with Crippen molar-refractivity contribution in [3.8, 4) is 0 Å². The fourth-order valence-corrected chi connectivity index (χ4v) is 2.62. The standard InChI is InChI=1S/C12H23/c1-3-6-11-8-5-9-12(10-11)7-4-2/h3,11-12H,4-10H2,1-2H3. The Labute approximate surface area is 77.7 Å². The summed E-state index contributed by atoms with van der Waals surface area (Å²) in [5.41, 5.74) is 0. The van der Waals surface area contributed by atoms with Gasteiger partial charge < -0.3 is 0 Å². The van der Waals surface area contributed by atoms with Crippen molar-refractivity contribution in [3.05, 3.63) is 6.42 Å². The van der Waals surface area contributed by atoms with E-state index in [-0.39, 0.29) is 0 Å². The minimum atomic E-state index is 1.03. The van der Waals surface area contributed by atoms with Crippen molar-refractivity contribution in [2.45, 2.75) is 58.8 Å². The maximum atomic E-state index is 2.35. The molecule has 2 atom stereocenters. The van der Waals surface area contributed by atoms with Crippen molar-refractivity contribution < 1.29 is 0 Å². The first-order valence-corrected chi connectivity index (χ1v) is 5.64. The molecule has 0 heterocycles. The molecule has 0 bridgehead atoms. The van der Waals surface area contributed by atoms with Gasteiger partial charge in [0.15, 0.2) is 0 Å². The number of hydrogen-bond donors (Lipinski definition) is 0. The molecule has 0 aromatic carbocycles. The predicted octanol–water partition coefficient (Wildman–Crippen LogP) is 4.21. The average molecular weight is 167 g/mol. The zero-order valence-corrected chi connectivity index (χ0v) is 8.68. The van der Waals surface area contributed by atoms with Gasteiger partial charge in [-0.2, -0.15) is 0 Å². The van der Waals surface area contributed by atoms with Gasteiger partial charge in [0.1, 0.15) is 0 Å². The van der Waals surface area contributed by atoms with Gasteiger partial charge in [0.2, 0.25) is 0 Å². The van der Waals surface area contributed by atoms with Gasteiger partial charge in [-0.25, -0.2) is 0 Å². The van der Waals surface area contributed by atoms with Crippen LogP contribution in [0.2, 0.25) is 0 Å². The van der Waals surface area contributed by atoms with Gasteiger partial charge in [-0.15, -0.1) is 0 Å². The van der Waals surface area contributed by atoms with Gasteiger partial charge >= 0.3 is 0 Å². The van der Waals surface area contributed by atoms with E-state index in [0.717, 1.165) is 11.8 Å². The first-order valence-electron chi connectivity index (χ1n) is 5.64. The predicted molar refractivity (Wildman–Crippen MR) is 54.9 cm³/mol. The van der Waals surface area contributed by atoms with Crippen molar-refractivity contribution in [3.63, 3.8) is 0 Å². The molecule has 0 nitrogen and oxygen atoms in total. The molecule has 0 aromatic rings. The monoisotopic (exact) mass is 167 g/mol. The number of rotatable bonds is 4. The highest BCUT2D eigenvalue weighted by Gasteiger charge is 2.20. The first-order chi connectivity index (χ1) is 5.86. The molecular formula is C12H23. The zero-order chi connectivity index (χ0) is 8.81. The maximum Gasteiger partial charge on any atom is -0.0409 e. The Kier molecular flexibility index (Phi) is 4.72. The summed E-state index contributed by atoms with van der Waals surface area (Å²) in [5, 5.41) is 0. The summed E-state index contributed by atoms with van der Waals surface area (Å²) in [5.74, 6) is 2.09. The lowest BCUT2D eigenvalue weighted by atomic mass is 9.78. The third-order valence-corrected chi connectivity index (χ3v) is 3.16. The molecule has 12 heavy (non-hydrogen) atoms. The second-order valence-electron chi connectivity index (χ2n) is 4.33. The van der Waals surface area contributed by atoms with Gasteiger partial charge in [0.25, 0.3) is 0 Å². The fraction of sp³-hybridized carbons (Fsp3) is 0.917. The van der Waals surface area contributed by atoms with Gasteiger partial charge in [-0.05, 0) is 31.1 Å². The summed E-state index contributed by atoms with van der Waals surface area (Å²) in [6, 6.07) is 0. The zero-order valence-electron chi connectivity index (χ0n) is 8.68. The van der Waals surface area contributed by atoms with E-state index in [4.69, 9.17) is 0 Å². The summed E-state index contributed by atoms with van der Waals surface area (Å²) in [4.78, 5) is 0. The van der Waals surface area contributed by atoms with E-state index in [9.17, 15) is 0 Å². The molecule has 0 spiro atoms. The third kappa shape index (κ3) is 3.16. The van der Waals surface area contributed by atoms with E-state index in [1.807, 2.05) is 0 Å². The Morgan fingerprint density at radius 1 is 1.25 bits per heavy atom. The van der Waals surface area contributed by atoms with Gasteiger partial charge in [0, 0.05) is 0 Å². The van der Waals surface area contributed by atoms with Crippen LogP contribution in [-0.4, -0.2) is 0 Å². The molecule has 0 saturated heterocycles. The van der Waals surface area contributed by atoms with Crippen LogP contribution in [0.5, 0.6) is 0 Å². The molecule has 1 saturated carbocycles. The largest absolute Gasteiger partial charge is 0.0654 e. The first kappa shape index (κ1) is 10.1. The van der Waals surface area contributed by atoms with Crippen LogP contribution in [-0.2, 0) is 0 Å². The van der Waals surface area contributed by atoms with E-state index in [0.29, 0.717) is 0 Å². The Morgan fingerprint density at radius 2 is 2.00 bits per heavy atom. The van der Waals surface area contributed by atoms with Crippen LogP contribution in [0.15, 0.2) is 0 Å². The van der Waals surface area contributed by atoms with E-state index < -0.39 is 0 Å². The summed E-state index contributed by atoms with van der Waals surface area (Å²) in [7, 11) is 0. The highest BCUT2D eigenvalue weighted by Crippen LogP contribution is 2.33. The maximum absolute atomic E-state index is 2.35. The Balaban J connectivity index is 2.20. The molecule has 71 valence electrons. The molecule has 0 aromatic heterocycles. The third-order valence-electron chi connectivity index (χ3n) is 3.16. The van der Waals surface area contributed by atoms with Crippen molar-refractivity contribution in [1.82, 2.24) is 0 Å². The lowest BCUT2D eigenvalue weighted by molar-refractivity contribution is 0.251. The van der Waals surface area contributed by atoms with E-state index >= 15 is 0 Å². The van der Waals surface area contributed by atoms with Crippen LogP contribution in [0, 0.1) is 18.3 Å². The quantitative estimate of drug-likeness (QED) is 0.588. The van der Waals surface area contributed by atoms with Crippen LogP contribution < -0.4 is 0 Å². The minimum absolute atomic E-state index is 1.03. The molecular weight excluding hydrogens is 144 g/mol.